The number of benzene rings is 1. The summed E-state index contributed by atoms with van der Waals surface area (Å²) >= 11 is 0. The molecule has 19 heavy (non-hydrogen) atoms. The van der Waals surface area contributed by atoms with Crippen LogP contribution in [0.3, 0.4) is 0 Å². The van der Waals surface area contributed by atoms with Crippen LogP contribution in [-0.4, -0.2) is 15.3 Å². The highest BCUT2D eigenvalue weighted by Crippen LogP contribution is 2.34. The molecule has 1 aliphatic carbocycles. The van der Waals surface area contributed by atoms with Gasteiger partial charge in [-0.25, -0.2) is 0 Å². The lowest BCUT2D eigenvalue weighted by Gasteiger charge is -2.18. The van der Waals surface area contributed by atoms with Crippen molar-refractivity contribution in [1.29, 1.82) is 0 Å². The van der Waals surface area contributed by atoms with E-state index < -0.39 is 5.60 Å². The van der Waals surface area contributed by atoms with Crippen molar-refractivity contribution in [1.82, 2.24) is 4.57 Å². The predicted molar refractivity (Wildman–Crippen MR) is 79.4 cm³/mol. The third-order valence-corrected chi connectivity index (χ3v) is 4.19. The summed E-state index contributed by atoms with van der Waals surface area (Å²) < 4.78 is 2.44. The largest absolute Gasteiger partial charge is 0.390 e. The minimum Gasteiger partial charge on any atom is -0.390 e. The zero-order valence-electron chi connectivity index (χ0n) is 11.9. The summed E-state index contributed by atoms with van der Waals surface area (Å²) in [4.78, 5) is 0. The minimum absolute atomic E-state index is 0.649. The van der Waals surface area contributed by atoms with Gasteiger partial charge in [0.25, 0.3) is 0 Å². The Balaban J connectivity index is 2.02. The lowest BCUT2D eigenvalue weighted by Crippen LogP contribution is -2.21. The van der Waals surface area contributed by atoms with Gasteiger partial charge in [-0.05, 0) is 44.4 Å². The standard InChI is InChI=1S/C17H23NO/c1-17(2,19)12-13-6-5-9-16-15(13)10-11-18(16)14-7-3-4-8-14/h5-6,9-11,14,19H,3-4,7-8,12H2,1-2H3. The zero-order chi connectivity index (χ0) is 13.5. The molecule has 1 aromatic heterocycles. The lowest BCUT2D eigenvalue weighted by molar-refractivity contribution is 0.0813. The van der Waals surface area contributed by atoms with E-state index in [-0.39, 0.29) is 0 Å². The number of aliphatic hydroxyl groups is 1. The van der Waals surface area contributed by atoms with Gasteiger partial charge in [-0.1, -0.05) is 25.0 Å². The van der Waals surface area contributed by atoms with Crippen molar-refractivity contribution < 1.29 is 5.11 Å². The molecule has 1 fully saturated rings. The van der Waals surface area contributed by atoms with Crippen molar-refractivity contribution in [3.05, 3.63) is 36.0 Å². The molecule has 1 N–H and O–H groups in total. The number of fused-ring (bicyclic) bond motifs is 1. The molecule has 0 bridgehead atoms. The Kier molecular flexibility index (Phi) is 3.14. The molecule has 2 aromatic rings. The van der Waals surface area contributed by atoms with E-state index in [4.69, 9.17) is 0 Å². The maximum atomic E-state index is 10.0. The smallest absolute Gasteiger partial charge is 0.0632 e. The second-order valence-corrected chi connectivity index (χ2v) is 6.50. The quantitative estimate of drug-likeness (QED) is 0.881. The number of nitrogens with zero attached hydrogens (tertiary/aromatic N) is 1. The fourth-order valence-electron chi connectivity index (χ4n) is 3.37. The van der Waals surface area contributed by atoms with Crippen molar-refractivity contribution >= 4 is 10.9 Å². The van der Waals surface area contributed by atoms with Crippen molar-refractivity contribution in [2.24, 2.45) is 0 Å². The van der Waals surface area contributed by atoms with Crippen LogP contribution in [0.15, 0.2) is 30.5 Å². The molecule has 1 aliphatic rings. The van der Waals surface area contributed by atoms with Crippen LogP contribution in [0.4, 0.5) is 0 Å². The van der Waals surface area contributed by atoms with E-state index in [9.17, 15) is 5.11 Å². The maximum absolute atomic E-state index is 10.0. The summed E-state index contributed by atoms with van der Waals surface area (Å²) in [6, 6.07) is 9.36. The predicted octanol–water partition coefficient (Wildman–Crippen LogP) is 4.07. The molecular weight excluding hydrogens is 234 g/mol. The number of hydrogen-bond acceptors (Lipinski definition) is 1. The van der Waals surface area contributed by atoms with E-state index in [0.29, 0.717) is 12.5 Å². The zero-order valence-corrected chi connectivity index (χ0v) is 11.9. The average Bonchev–Trinajstić information content (AvgIpc) is 2.94. The SMILES string of the molecule is CC(C)(O)Cc1cccc2c1ccn2C1CCCC1. The summed E-state index contributed by atoms with van der Waals surface area (Å²) in [7, 11) is 0. The first-order valence-corrected chi connectivity index (χ1v) is 7.35. The van der Waals surface area contributed by atoms with Crippen LogP contribution in [0.5, 0.6) is 0 Å². The molecule has 2 nitrogen and oxygen atoms in total. The number of aromatic nitrogens is 1. The van der Waals surface area contributed by atoms with Gasteiger partial charge in [0.15, 0.2) is 0 Å². The van der Waals surface area contributed by atoms with Crippen LogP contribution in [0.1, 0.15) is 51.1 Å². The first-order chi connectivity index (χ1) is 9.04. The highest BCUT2D eigenvalue weighted by Gasteiger charge is 2.20. The molecular formula is C17H23NO. The van der Waals surface area contributed by atoms with Gasteiger partial charge in [0.2, 0.25) is 0 Å². The maximum Gasteiger partial charge on any atom is 0.0632 e. The highest BCUT2D eigenvalue weighted by atomic mass is 16.3. The van der Waals surface area contributed by atoms with E-state index in [0.717, 1.165) is 0 Å². The van der Waals surface area contributed by atoms with E-state index in [1.54, 1.807) is 0 Å². The van der Waals surface area contributed by atoms with Gasteiger partial charge >= 0.3 is 0 Å². The van der Waals surface area contributed by atoms with Crippen molar-refractivity contribution in [3.63, 3.8) is 0 Å². The van der Waals surface area contributed by atoms with E-state index in [1.165, 1.54) is 42.1 Å². The lowest BCUT2D eigenvalue weighted by atomic mass is 9.96. The molecule has 0 unspecified atom stereocenters. The van der Waals surface area contributed by atoms with Gasteiger partial charge < -0.3 is 9.67 Å². The van der Waals surface area contributed by atoms with Crippen molar-refractivity contribution in [3.8, 4) is 0 Å². The van der Waals surface area contributed by atoms with Crippen LogP contribution in [0, 0.1) is 0 Å². The van der Waals surface area contributed by atoms with Gasteiger partial charge in [-0.2, -0.15) is 0 Å². The van der Waals surface area contributed by atoms with Crippen molar-refractivity contribution in [2.75, 3.05) is 0 Å². The van der Waals surface area contributed by atoms with E-state index >= 15 is 0 Å². The third kappa shape index (κ3) is 2.55. The molecule has 0 radical (unpaired) electrons. The number of hydrogen-bond donors (Lipinski definition) is 1. The molecule has 3 rings (SSSR count). The Hall–Kier alpha value is -1.28. The molecule has 102 valence electrons. The summed E-state index contributed by atoms with van der Waals surface area (Å²) in [5, 5.41) is 11.3. The molecule has 0 atom stereocenters. The Morgan fingerprint density at radius 1 is 1.21 bits per heavy atom. The van der Waals surface area contributed by atoms with E-state index in [1.807, 2.05) is 13.8 Å². The van der Waals surface area contributed by atoms with Gasteiger partial charge in [-0.3, -0.25) is 0 Å². The van der Waals surface area contributed by atoms with Crippen molar-refractivity contribution in [2.45, 2.75) is 57.6 Å². The molecule has 1 aromatic carbocycles. The molecule has 0 spiro atoms. The fraction of sp³-hybridized carbons (Fsp3) is 0.529. The second kappa shape index (κ2) is 4.68. The molecule has 0 amide bonds. The molecule has 1 saturated carbocycles. The Morgan fingerprint density at radius 2 is 1.95 bits per heavy atom. The summed E-state index contributed by atoms with van der Waals surface area (Å²) in [6.07, 6.45) is 8.26. The van der Waals surface area contributed by atoms with Crippen LogP contribution in [0.2, 0.25) is 0 Å². The van der Waals surface area contributed by atoms with E-state index in [2.05, 4.69) is 35.0 Å². The Morgan fingerprint density at radius 3 is 2.63 bits per heavy atom. The number of rotatable bonds is 3. The summed E-state index contributed by atoms with van der Waals surface area (Å²) in [6.45, 7) is 3.75. The summed E-state index contributed by atoms with van der Waals surface area (Å²) in [5.74, 6) is 0. The first kappa shape index (κ1) is 12.7. The Bertz CT molecular complexity index is 570. The van der Waals surface area contributed by atoms with Crippen LogP contribution >= 0.6 is 0 Å². The van der Waals surface area contributed by atoms with Gasteiger partial charge in [0.05, 0.1) is 5.60 Å². The second-order valence-electron chi connectivity index (χ2n) is 6.50. The highest BCUT2D eigenvalue weighted by molar-refractivity contribution is 5.84. The Labute approximate surface area is 115 Å². The normalized spacial score (nSPS) is 17.4. The first-order valence-electron chi connectivity index (χ1n) is 7.35. The van der Waals surface area contributed by atoms with Gasteiger partial charge in [0.1, 0.15) is 0 Å². The van der Waals surface area contributed by atoms with Gasteiger partial charge in [0, 0.05) is 29.6 Å². The van der Waals surface area contributed by atoms with Crippen LogP contribution in [0.25, 0.3) is 10.9 Å². The van der Waals surface area contributed by atoms with Crippen LogP contribution in [-0.2, 0) is 6.42 Å². The van der Waals surface area contributed by atoms with Crippen LogP contribution < -0.4 is 0 Å². The molecule has 0 saturated heterocycles. The monoisotopic (exact) mass is 257 g/mol. The molecule has 2 heteroatoms. The minimum atomic E-state index is -0.649. The topological polar surface area (TPSA) is 25.2 Å². The molecule has 1 heterocycles. The summed E-state index contributed by atoms with van der Waals surface area (Å²) in [5.41, 5.74) is 1.93. The fourth-order valence-corrected chi connectivity index (χ4v) is 3.37. The average molecular weight is 257 g/mol. The van der Waals surface area contributed by atoms with Gasteiger partial charge in [-0.15, -0.1) is 0 Å². The third-order valence-electron chi connectivity index (χ3n) is 4.19. The molecule has 0 aliphatic heterocycles.